The zero-order valence-corrected chi connectivity index (χ0v) is 23.0. The van der Waals surface area contributed by atoms with E-state index in [9.17, 15) is 31.2 Å². The van der Waals surface area contributed by atoms with Crippen LogP contribution in [0.3, 0.4) is 0 Å². The molecular formula is C24H28Cl2F3N3O4S. The summed E-state index contributed by atoms with van der Waals surface area (Å²) in [6.45, 7) is 4.67. The Labute approximate surface area is 224 Å². The van der Waals surface area contributed by atoms with Crippen LogP contribution in [-0.4, -0.2) is 50.5 Å². The Morgan fingerprint density at radius 1 is 1.05 bits per heavy atom. The number of amides is 2. The van der Waals surface area contributed by atoms with Gasteiger partial charge in [-0.25, -0.2) is 8.42 Å². The van der Waals surface area contributed by atoms with Gasteiger partial charge in [0.25, 0.3) is 0 Å². The average Bonchev–Trinajstić information content (AvgIpc) is 2.77. The van der Waals surface area contributed by atoms with Gasteiger partial charge in [0.05, 0.1) is 22.5 Å². The lowest BCUT2D eigenvalue weighted by molar-refractivity contribution is -0.139. The van der Waals surface area contributed by atoms with E-state index in [4.69, 9.17) is 23.2 Å². The van der Waals surface area contributed by atoms with E-state index >= 15 is 0 Å². The van der Waals surface area contributed by atoms with Crippen molar-refractivity contribution in [1.82, 2.24) is 10.2 Å². The maximum atomic E-state index is 13.5. The van der Waals surface area contributed by atoms with Crippen LogP contribution in [0.25, 0.3) is 0 Å². The summed E-state index contributed by atoms with van der Waals surface area (Å²) in [5.74, 6) is -1.14. The van der Waals surface area contributed by atoms with Crippen molar-refractivity contribution in [2.24, 2.45) is 5.92 Å². The molecule has 0 aliphatic rings. The Hall–Kier alpha value is -2.50. The smallest absolute Gasteiger partial charge is 0.354 e. The Morgan fingerprint density at radius 3 is 2.24 bits per heavy atom. The van der Waals surface area contributed by atoms with Gasteiger partial charge in [0.2, 0.25) is 21.8 Å². The molecule has 204 valence electrons. The van der Waals surface area contributed by atoms with E-state index < -0.39 is 56.9 Å². The van der Waals surface area contributed by atoms with Crippen LogP contribution in [-0.2, 0) is 32.3 Å². The van der Waals surface area contributed by atoms with E-state index in [1.807, 2.05) is 13.8 Å². The molecule has 13 heteroatoms. The van der Waals surface area contributed by atoms with E-state index in [1.165, 1.54) is 6.92 Å². The second-order valence-electron chi connectivity index (χ2n) is 8.90. The summed E-state index contributed by atoms with van der Waals surface area (Å²) in [7, 11) is -4.21. The molecule has 2 aromatic rings. The molecule has 1 N–H and O–H groups in total. The lowest BCUT2D eigenvalue weighted by Crippen LogP contribution is -2.51. The molecule has 0 radical (unpaired) electrons. The highest BCUT2D eigenvalue weighted by atomic mass is 35.5. The molecular weight excluding hydrogens is 554 g/mol. The molecule has 0 saturated carbocycles. The van der Waals surface area contributed by atoms with Crippen molar-refractivity contribution in [2.45, 2.75) is 39.5 Å². The summed E-state index contributed by atoms with van der Waals surface area (Å²) >= 11 is 11.7. The number of anilines is 1. The summed E-state index contributed by atoms with van der Waals surface area (Å²) < 4.78 is 65.9. The fraction of sp³-hybridized carbons (Fsp3) is 0.417. The largest absolute Gasteiger partial charge is 0.417 e. The number of carbonyl (C=O) groups is 2. The first-order valence-corrected chi connectivity index (χ1v) is 13.8. The Morgan fingerprint density at radius 2 is 1.70 bits per heavy atom. The van der Waals surface area contributed by atoms with E-state index in [2.05, 4.69) is 5.32 Å². The monoisotopic (exact) mass is 581 g/mol. The summed E-state index contributed by atoms with van der Waals surface area (Å²) in [5.41, 5.74) is -1.07. The number of alkyl halides is 3. The van der Waals surface area contributed by atoms with Crippen LogP contribution in [0.1, 0.15) is 31.9 Å². The number of hydrogen-bond donors (Lipinski definition) is 1. The number of benzene rings is 2. The molecule has 0 heterocycles. The van der Waals surface area contributed by atoms with Gasteiger partial charge in [-0.15, -0.1) is 0 Å². The molecule has 0 unspecified atom stereocenters. The first kappa shape index (κ1) is 30.7. The van der Waals surface area contributed by atoms with E-state index in [0.717, 1.165) is 23.3 Å². The molecule has 2 rings (SSSR count). The fourth-order valence-electron chi connectivity index (χ4n) is 3.37. The van der Waals surface area contributed by atoms with Crippen molar-refractivity contribution >= 4 is 50.7 Å². The maximum Gasteiger partial charge on any atom is 0.417 e. The lowest BCUT2D eigenvalue weighted by Gasteiger charge is -2.32. The highest BCUT2D eigenvalue weighted by molar-refractivity contribution is 7.92. The predicted molar refractivity (Wildman–Crippen MR) is 138 cm³/mol. The lowest BCUT2D eigenvalue weighted by atomic mass is 10.1. The molecule has 0 fully saturated rings. The van der Waals surface area contributed by atoms with Crippen LogP contribution in [0, 0.1) is 5.92 Å². The second kappa shape index (κ2) is 12.4. The minimum Gasteiger partial charge on any atom is -0.354 e. The molecule has 0 bridgehead atoms. The standard InChI is InChI=1S/C24H28Cl2F3N3O4S/c1-15(2)12-30-23(34)16(3)31(13-17-6-5-7-18(25)10-17)22(33)14-32(37(4,35)36)19-8-9-21(26)20(11-19)24(27,28)29/h5-11,15-16H,12-14H2,1-4H3,(H,30,34)/t16-/m1/s1. The van der Waals surface area contributed by atoms with Crippen molar-refractivity contribution in [3.8, 4) is 0 Å². The molecule has 37 heavy (non-hydrogen) atoms. The summed E-state index contributed by atoms with van der Waals surface area (Å²) in [6, 6.07) is 8.07. The van der Waals surface area contributed by atoms with E-state index in [1.54, 1.807) is 24.3 Å². The molecule has 0 spiro atoms. The SMILES string of the molecule is CC(C)CNC(=O)[C@@H](C)N(Cc1cccc(Cl)c1)C(=O)CN(c1ccc(Cl)c(C(F)(F)F)c1)S(C)(=O)=O. The topological polar surface area (TPSA) is 86.8 Å². The Bertz CT molecular complexity index is 1240. The van der Waals surface area contributed by atoms with Crippen LogP contribution in [0.4, 0.5) is 18.9 Å². The number of hydrogen-bond acceptors (Lipinski definition) is 4. The maximum absolute atomic E-state index is 13.5. The van der Waals surface area contributed by atoms with Crippen LogP contribution >= 0.6 is 23.2 Å². The van der Waals surface area contributed by atoms with Gasteiger partial charge in [0, 0.05) is 18.1 Å². The number of nitrogens with one attached hydrogen (secondary N) is 1. The molecule has 2 amide bonds. The van der Waals surface area contributed by atoms with Gasteiger partial charge in [-0.3, -0.25) is 13.9 Å². The van der Waals surface area contributed by atoms with Crippen molar-refractivity contribution in [3.63, 3.8) is 0 Å². The molecule has 1 atom stereocenters. The third kappa shape index (κ3) is 8.79. The van der Waals surface area contributed by atoms with E-state index in [-0.39, 0.29) is 12.5 Å². The number of nitrogens with zero attached hydrogens (tertiary/aromatic N) is 2. The van der Waals surface area contributed by atoms with Gasteiger partial charge >= 0.3 is 6.18 Å². The zero-order chi connectivity index (χ0) is 28.1. The predicted octanol–water partition coefficient (Wildman–Crippen LogP) is 4.97. The number of sulfonamides is 1. The van der Waals surface area contributed by atoms with Gasteiger partial charge in [-0.1, -0.05) is 49.2 Å². The second-order valence-corrected chi connectivity index (χ2v) is 11.6. The Kier molecular flexibility index (Phi) is 10.3. The van der Waals surface area contributed by atoms with Crippen molar-refractivity contribution < 1.29 is 31.2 Å². The van der Waals surface area contributed by atoms with Gasteiger partial charge in [-0.2, -0.15) is 13.2 Å². The average molecular weight is 582 g/mol. The van der Waals surface area contributed by atoms with Crippen molar-refractivity contribution in [2.75, 3.05) is 23.7 Å². The normalized spacial score (nSPS) is 12.8. The summed E-state index contributed by atoms with van der Waals surface area (Å²) in [4.78, 5) is 27.4. The number of halogens is 5. The molecule has 0 saturated heterocycles. The van der Waals surface area contributed by atoms with Crippen LogP contribution in [0.5, 0.6) is 0 Å². The number of rotatable bonds is 10. The van der Waals surface area contributed by atoms with Gasteiger partial charge in [0.1, 0.15) is 12.6 Å². The third-order valence-corrected chi connectivity index (χ3v) is 7.02. The quantitative estimate of drug-likeness (QED) is 0.429. The van der Waals surface area contributed by atoms with Crippen LogP contribution in [0.2, 0.25) is 10.0 Å². The molecule has 0 aliphatic heterocycles. The third-order valence-electron chi connectivity index (χ3n) is 5.32. The minimum absolute atomic E-state index is 0.0956. The van der Waals surface area contributed by atoms with Crippen molar-refractivity contribution in [3.05, 3.63) is 63.6 Å². The van der Waals surface area contributed by atoms with Gasteiger partial charge < -0.3 is 10.2 Å². The molecule has 0 aromatic heterocycles. The highest BCUT2D eigenvalue weighted by Gasteiger charge is 2.35. The minimum atomic E-state index is -4.85. The summed E-state index contributed by atoms with van der Waals surface area (Å²) in [6.07, 6.45) is -4.08. The molecule has 2 aromatic carbocycles. The van der Waals surface area contributed by atoms with Crippen LogP contribution in [0.15, 0.2) is 42.5 Å². The molecule has 7 nitrogen and oxygen atoms in total. The fourth-order valence-corrected chi connectivity index (χ4v) is 4.65. The van der Waals surface area contributed by atoms with E-state index in [0.29, 0.717) is 27.5 Å². The van der Waals surface area contributed by atoms with Crippen LogP contribution < -0.4 is 9.62 Å². The van der Waals surface area contributed by atoms with Gasteiger partial charge in [-0.05, 0) is 48.7 Å². The van der Waals surface area contributed by atoms with Gasteiger partial charge in [0.15, 0.2) is 0 Å². The first-order valence-electron chi connectivity index (χ1n) is 11.2. The summed E-state index contributed by atoms with van der Waals surface area (Å²) in [5, 5.41) is 2.50. The van der Waals surface area contributed by atoms with Crippen molar-refractivity contribution in [1.29, 1.82) is 0 Å². The highest BCUT2D eigenvalue weighted by Crippen LogP contribution is 2.37. The molecule has 0 aliphatic carbocycles. The Balaban J connectivity index is 2.46. The first-order chi connectivity index (χ1) is 17.0. The zero-order valence-electron chi connectivity index (χ0n) is 20.6. The number of carbonyl (C=O) groups excluding carboxylic acids is 2.